The molecule has 28 heavy (non-hydrogen) atoms. The number of alkyl halides is 3. The molecule has 1 aliphatic rings. The number of carbonyl (C=O) groups excluding carboxylic acids is 2. The predicted molar refractivity (Wildman–Crippen MR) is 95.6 cm³/mol. The van der Waals surface area contributed by atoms with Gasteiger partial charge in [0.25, 0.3) is 5.91 Å². The predicted octanol–water partition coefficient (Wildman–Crippen LogP) is 2.50. The summed E-state index contributed by atoms with van der Waals surface area (Å²) in [5.41, 5.74) is -0.230. The number of hydrogen-bond acceptors (Lipinski definition) is 3. The van der Waals surface area contributed by atoms with Gasteiger partial charge >= 0.3 is 6.18 Å². The first kappa shape index (κ1) is 19.9. The number of imide groups is 1. The van der Waals surface area contributed by atoms with Crippen LogP contribution >= 0.6 is 0 Å². The molecule has 1 aliphatic heterocycles. The summed E-state index contributed by atoms with van der Waals surface area (Å²) < 4.78 is 44.7. The van der Waals surface area contributed by atoms with Crippen LogP contribution < -0.4 is 15.0 Å². The number of halogens is 3. The number of nitrogens with zero attached hydrogens (tertiary/aromatic N) is 1. The molecule has 3 rings (SSSR count). The van der Waals surface area contributed by atoms with Gasteiger partial charge in [0.2, 0.25) is 5.91 Å². The third-order valence-corrected chi connectivity index (χ3v) is 4.53. The summed E-state index contributed by atoms with van der Waals surface area (Å²) in [6.07, 6.45) is -4.52. The van der Waals surface area contributed by atoms with Gasteiger partial charge in [-0.25, -0.2) is 4.90 Å². The first-order valence-corrected chi connectivity index (χ1v) is 8.89. The van der Waals surface area contributed by atoms with Gasteiger partial charge in [0.15, 0.2) is 6.04 Å². The van der Waals surface area contributed by atoms with Gasteiger partial charge in [-0.05, 0) is 37.3 Å². The van der Waals surface area contributed by atoms with E-state index in [4.69, 9.17) is 4.74 Å². The molecule has 0 radical (unpaired) electrons. The Morgan fingerprint density at radius 2 is 1.79 bits per heavy atom. The van der Waals surface area contributed by atoms with Gasteiger partial charge in [-0.1, -0.05) is 18.2 Å². The van der Waals surface area contributed by atoms with Gasteiger partial charge in [0.1, 0.15) is 12.3 Å². The van der Waals surface area contributed by atoms with Gasteiger partial charge < -0.3 is 10.1 Å². The van der Waals surface area contributed by atoms with Gasteiger partial charge in [-0.2, -0.15) is 13.2 Å². The molecule has 1 heterocycles. The summed E-state index contributed by atoms with van der Waals surface area (Å²) in [5, 5.41) is 1.49. The van der Waals surface area contributed by atoms with E-state index in [0.29, 0.717) is 18.0 Å². The number of carbonyl (C=O) groups is 2. The molecule has 2 aromatic carbocycles. The van der Waals surface area contributed by atoms with Crippen molar-refractivity contribution in [2.75, 3.05) is 11.5 Å². The Bertz CT molecular complexity index is 866. The van der Waals surface area contributed by atoms with Crippen molar-refractivity contribution in [3.63, 3.8) is 0 Å². The Balaban J connectivity index is 1.71. The highest BCUT2D eigenvalue weighted by Gasteiger charge is 2.42. The Hall–Kier alpha value is -2.87. The molecule has 148 valence electrons. The van der Waals surface area contributed by atoms with E-state index in [9.17, 15) is 22.8 Å². The van der Waals surface area contributed by atoms with Crippen LogP contribution in [0.4, 0.5) is 18.9 Å². The number of quaternary nitrogens is 1. The fourth-order valence-corrected chi connectivity index (χ4v) is 3.21. The van der Waals surface area contributed by atoms with Gasteiger partial charge in [-0.15, -0.1) is 0 Å². The van der Waals surface area contributed by atoms with E-state index >= 15 is 0 Å². The SMILES string of the molecule is CCOc1ccc(N2C(=O)C[C@H]([NH2+]Cc3ccccc3C(F)(F)F)C2=O)cc1. The van der Waals surface area contributed by atoms with Crippen LogP contribution in [0.3, 0.4) is 0 Å². The lowest BCUT2D eigenvalue weighted by Crippen LogP contribution is -2.90. The smallest absolute Gasteiger partial charge is 0.416 e. The topological polar surface area (TPSA) is 63.2 Å². The second-order valence-electron chi connectivity index (χ2n) is 6.40. The lowest BCUT2D eigenvalue weighted by Gasteiger charge is -2.15. The summed E-state index contributed by atoms with van der Waals surface area (Å²) in [4.78, 5) is 26.0. The standard InChI is InChI=1S/C20H19F3N2O3/c1-2-28-15-9-7-14(8-10-15)25-18(26)11-17(19(25)27)24-12-13-5-3-4-6-16(13)20(21,22)23/h3-10,17,24H,2,11-12H2,1H3/p+1/t17-/m0/s1. The second kappa shape index (κ2) is 8.02. The zero-order valence-electron chi connectivity index (χ0n) is 15.2. The van der Waals surface area contributed by atoms with Crippen molar-refractivity contribution in [3.8, 4) is 5.75 Å². The van der Waals surface area contributed by atoms with Gasteiger partial charge in [0.05, 0.1) is 24.3 Å². The first-order chi connectivity index (χ1) is 13.3. The highest BCUT2D eigenvalue weighted by molar-refractivity contribution is 6.21. The number of rotatable bonds is 6. The lowest BCUT2D eigenvalue weighted by atomic mass is 10.1. The lowest BCUT2D eigenvalue weighted by molar-refractivity contribution is -0.690. The van der Waals surface area contributed by atoms with E-state index in [1.807, 2.05) is 6.92 Å². The molecule has 0 aromatic heterocycles. The summed E-state index contributed by atoms with van der Waals surface area (Å²) in [5.74, 6) is -0.185. The summed E-state index contributed by atoms with van der Waals surface area (Å²) in [6.45, 7) is 2.30. The normalized spacial score (nSPS) is 17.3. The quantitative estimate of drug-likeness (QED) is 0.767. The van der Waals surface area contributed by atoms with E-state index in [1.165, 1.54) is 23.5 Å². The third kappa shape index (κ3) is 4.17. The average Bonchev–Trinajstić information content (AvgIpc) is 2.94. The number of ether oxygens (including phenoxy) is 1. The molecule has 0 unspecified atom stereocenters. The van der Waals surface area contributed by atoms with E-state index in [2.05, 4.69) is 0 Å². The maximum absolute atomic E-state index is 13.1. The average molecular weight is 393 g/mol. The van der Waals surface area contributed by atoms with Crippen LogP contribution in [0, 0.1) is 0 Å². The van der Waals surface area contributed by atoms with Crippen molar-refractivity contribution in [2.24, 2.45) is 0 Å². The molecule has 0 bridgehead atoms. The van der Waals surface area contributed by atoms with Crippen LogP contribution in [0.25, 0.3) is 0 Å². The largest absolute Gasteiger partial charge is 0.494 e. The molecule has 1 atom stereocenters. The monoisotopic (exact) mass is 393 g/mol. The minimum atomic E-state index is -4.46. The van der Waals surface area contributed by atoms with Crippen molar-refractivity contribution >= 4 is 17.5 Å². The maximum atomic E-state index is 13.1. The van der Waals surface area contributed by atoms with Gasteiger partial charge in [-0.3, -0.25) is 9.59 Å². The van der Waals surface area contributed by atoms with E-state index < -0.39 is 23.7 Å². The molecule has 5 nitrogen and oxygen atoms in total. The number of anilines is 1. The van der Waals surface area contributed by atoms with Crippen LogP contribution in [-0.2, 0) is 22.3 Å². The Morgan fingerprint density at radius 1 is 1.11 bits per heavy atom. The highest BCUT2D eigenvalue weighted by atomic mass is 19.4. The molecule has 1 saturated heterocycles. The van der Waals surface area contributed by atoms with Crippen LogP contribution in [0.15, 0.2) is 48.5 Å². The number of benzene rings is 2. The summed E-state index contributed by atoms with van der Waals surface area (Å²) >= 11 is 0. The molecule has 0 spiro atoms. The molecular weight excluding hydrogens is 373 g/mol. The first-order valence-electron chi connectivity index (χ1n) is 8.89. The molecule has 0 aliphatic carbocycles. The zero-order chi connectivity index (χ0) is 20.3. The molecule has 1 fully saturated rings. The Kier molecular flexibility index (Phi) is 5.69. The molecule has 8 heteroatoms. The van der Waals surface area contributed by atoms with Crippen molar-refractivity contribution < 1.29 is 32.8 Å². The van der Waals surface area contributed by atoms with Crippen molar-refractivity contribution in [1.29, 1.82) is 0 Å². The summed E-state index contributed by atoms with van der Waals surface area (Å²) in [6, 6.07) is 11.0. The van der Waals surface area contributed by atoms with Crippen LogP contribution in [0.1, 0.15) is 24.5 Å². The minimum Gasteiger partial charge on any atom is -0.494 e. The van der Waals surface area contributed by atoms with Gasteiger partial charge in [0, 0.05) is 5.56 Å². The zero-order valence-corrected chi connectivity index (χ0v) is 15.2. The Morgan fingerprint density at radius 3 is 2.43 bits per heavy atom. The molecule has 2 amide bonds. The van der Waals surface area contributed by atoms with Crippen molar-refractivity contribution in [3.05, 3.63) is 59.7 Å². The number of amides is 2. The Labute approximate surface area is 160 Å². The minimum absolute atomic E-state index is 0.0452. The van der Waals surface area contributed by atoms with Crippen molar-refractivity contribution in [1.82, 2.24) is 0 Å². The third-order valence-electron chi connectivity index (χ3n) is 4.53. The van der Waals surface area contributed by atoms with Crippen LogP contribution in [-0.4, -0.2) is 24.5 Å². The van der Waals surface area contributed by atoms with E-state index in [-0.39, 0.29) is 24.4 Å². The molecule has 2 aromatic rings. The number of hydrogen-bond donors (Lipinski definition) is 1. The molecule has 0 saturated carbocycles. The van der Waals surface area contributed by atoms with E-state index in [0.717, 1.165) is 11.0 Å². The van der Waals surface area contributed by atoms with E-state index in [1.54, 1.807) is 24.3 Å². The molecular formula is C20H20F3N2O3+. The maximum Gasteiger partial charge on any atom is 0.416 e. The highest BCUT2D eigenvalue weighted by Crippen LogP contribution is 2.31. The van der Waals surface area contributed by atoms with Crippen LogP contribution in [0.5, 0.6) is 5.75 Å². The summed E-state index contributed by atoms with van der Waals surface area (Å²) in [7, 11) is 0. The number of nitrogens with two attached hydrogens (primary N) is 1. The van der Waals surface area contributed by atoms with Crippen LogP contribution in [0.2, 0.25) is 0 Å². The fourth-order valence-electron chi connectivity index (χ4n) is 3.21. The van der Waals surface area contributed by atoms with Crippen molar-refractivity contribution in [2.45, 2.75) is 32.1 Å². The molecule has 2 N–H and O–H groups in total. The second-order valence-corrected chi connectivity index (χ2v) is 6.40. The fraction of sp³-hybridized carbons (Fsp3) is 0.300.